The normalized spacial score (nSPS) is 16.6. The molecular formula is C17H32N4O2S. The number of hydrogen-bond acceptors (Lipinski definition) is 3. The third-order valence-electron chi connectivity index (χ3n) is 3.77. The van der Waals surface area contributed by atoms with Gasteiger partial charge < -0.3 is 10.2 Å². The van der Waals surface area contributed by atoms with E-state index in [1.54, 1.807) is 4.90 Å². The van der Waals surface area contributed by atoms with Crippen molar-refractivity contribution >= 4 is 29.0 Å². The molecule has 1 fully saturated rings. The van der Waals surface area contributed by atoms with Crippen molar-refractivity contribution in [2.45, 2.75) is 77.5 Å². The van der Waals surface area contributed by atoms with Crippen molar-refractivity contribution in [3.63, 3.8) is 0 Å². The van der Waals surface area contributed by atoms with Crippen molar-refractivity contribution in [3.8, 4) is 0 Å². The Morgan fingerprint density at radius 3 is 2.21 bits per heavy atom. The Balaban J connectivity index is 2.81. The molecule has 4 amide bonds. The number of amidine groups is 1. The molecule has 0 saturated heterocycles. The average Bonchev–Trinajstić information content (AvgIpc) is 2.47. The highest BCUT2D eigenvalue weighted by atomic mass is 32.2. The van der Waals surface area contributed by atoms with Crippen LogP contribution in [0.15, 0.2) is 4.99 Å². The number of nitrogens with zero attached hydrogens (tertiary/aromatic N) is 2. The van der Waals surface area contributed by atoms with E-state index in [0.717, 1.165) is 12.8 Å². The van der Waals surface area contributed by atoms with E-state index in [1.165, 1.54) is 31.0 Å². The van der Waals surface area contributed by atoms with E-state index in [9.17, 15) is 9.59 Å². The van der Waals surface area contributed by atoms with E-state index in [-0.39, 0.29) is 17.6 Å². The van der Waals surface area contributed by atoms with Gasteiger partial charge in [0.25, 0.3) is 0 Å². The van der Waals surface area contributed by atoms with Crippen LogP contribution in [0.5, 0.6) is 0 Å². The van der Waals surface area contributed by atoms with Crippen molar-refractivity contribution in [2.24, 2.45) is 4.99 Å². The molecule has 1 saturated carbocycles. The number of amides is 4. The molecule has 6 nitrogen and oxygen atoms in total. The predicted octanol–water partition coefficient (Wildman–Crippen LogP) is 3.97. The molecule has 1 aliphatic carbocycles. The second-order valence-electron chi connectivity index (χ2n) is 7.08. The minimum Gasteiger partial charge on any atom is -0.333 e. The van der Waals surface area contributed by atoms with Crippen LogP contribution >= 0.6 is 11.8 Å². The molecule has 0 atom stereocenters. The van der Waals surface area contributed by atoms with Crippen molar-refractivity contribution in [1.82, 2.24) is 15.5 Å². The molecule has 0 radical (unpaired) electrons. The molecule has 0 aromatic heterocycles. The Labute approximate surface area is 150 Å². The molecule has 1 rings (SSSR count). The maximum Gasteiger partial charge on any atom is 0.345 e. The number of carbonyl (C=O) groups is 2. The van der Waals surface area contributed by atoms with E-state index in [4.69, 9.17) is 0 Å². The Bertz CT molecular complexity index is 450. The highest BCUT2D eigenvalue weighted by Crippen LogP contribution is 2.28. The van der Waals surface area contributed by atoms with Crippen LogP contribution in [0, 0.1) is 0 Å². The van der Waals surface area contributed by atoms with Crippen LogP contribution in [0.4, 0.5) is 9.59 Å². The van der Waals surface area contributed by atoms with Gasteiger partial charge in [0, 0.05) is 23.9 Å². The van der Waals surface area contributed by atoms with Crippen LogP contribution in [0.3, 0.4) is 0 Å². The number of carbonyl (C=O) groups excluding carboxylic acids is 2. The fraction of sp³-hybridized carbons (Fsp3) is 0.824. The first-order valence-electron chi connectivity index (χ1n) is 8.88. The van der Waals surface area contributed by atoms with Gasteiger partial charge in [0.15, 0.2) is 5.17 Å². The van der Waals surface area contributed by atoms with E-state index < -0.39 is 0 Å². The Morgan fingerprint density at radius 1 is 1.12 bits per heavy atom. The summed E-state index contributed by atoms with van der Waals surface area (Å²) >= 11 is 1.52. The first-order valence-corrected chi connectivity index (χ1v) is 9.76. The van der Waals surface area contributed by atoms with Gasteiger partial charge in [-0.3, -0.25) is 5.32 Å². The molecule has 0 aliphatic heterocycles. The molecule has 24 heavy (non-hydrogen) atoms. The standard InChI is InChI=1S/C17H32N4O2S/c1-6-21(7-2)16(23)19-15(18-14(22)20-17(3,4)5)24-13-11-9-8-10-12-13/h13H,6-12H2,1-5H3,(H2,18,19,20,22,23). The van der Waals surface area contributed by atoms with Crippen LogP contribution in [0.2, 0.25) is 0 Å². The molecule has 0 heterocycles. The van der Waals surface area contributed by atoms with Crippen molar-refractivity contribution in [3.05, 3.63) is 0 Å². The fourth-order valence-corrected chi connectivity index (χ4v) is 3.71. The Morgan fingerprint density at radius 2 is 1.71 bits per heavy atom. The van der Waals surface area contributed by atoms with Crippen LogP contribution in [0.25, 0.3) is 0 Å². The maximum atomic E-state index is 12.3. The smallest absolute Gasteiger partial charge is 0.333 e. The first-order chi connectivity index (χ1) is 11.2. The van der Waals surface area contributed by atoms with Gasteiger partial charge >= 0.3 is 12.1 Å². The zero-order valence-corrected chi connectivity index (χ0v) is 16.5. The summed E-state index contributed by atoms with van der Waals surface area (Å²) in [6.07, 6.45) is 5.86. The molecule has 0 aromatic rings. The lowest BCUT2D eigenvalue weighted by molar-refractivity contribution is 0.213. The van der Waals surface area contributed by atoms with Crippen molar-refractivity contribution < 1.29 is 9.59 Å². The topological polar surface area (TPSA) is 73.8 Å². The van der Waals surface area contributed by atoms with Crippen LogP contribution in [0.1, 0.15) is 66.7 Å². The number of hydrogen-bond donors (Lipinski definition) is 2. The second kappa shape index (κ2) is 9.91. The highest BCUT2D eigenvalue weighted by Gasteiger charge is 2.21. The summed E-state index contributed by atoms with van der Waals surface area (Å²) in [6, 6.07) is -0.619. The summed E-state index contributed by atoms with van der Waals surface area (Å²) in [7, 11) is 0. The zero-order chi connectivity index (χ0) is 18.2. The lowest BCUT2D eigenvalue weighted by Gasteiger charge is -2.24. The lowest BCUT2D eigenvalue weighted by Crippen LogP contribution is -2.48. The highest BCUT2D eigenvalue weighted by molar-refractivity contribution is 8.14. The minimum absolute atomic E-state index is 0.297. The summed E-state index contributed by atoms with van der Waals surface area (Å²) < 4.78 is 0. The van der Waals surface area contributed by atoms with Gasteiger partial charge in [-0.2, -0.15) is 4.99 Å². The molecule has 7 heteroatoms. The zero-order valence-electron chi connectivity index (χ0n) is 15.6. The molecular weight excluding hydrogens is 324 g/mol. The largest absolute Gasteiger partial charge is 0.345 e. The van der Waals surface area contributed by atoms with E-state index >= 15 is 0 Å². The number of rotatable bonds is 3. The Hall–Kier alpha value is -1.24. The van der Waals surface area contributed by atoms with Crippen LogP contribution in [-0.2, 0) is 0 Å². The number of aliphatic imine (C=N–C) groups is 1. The molecule has 0 aromatic carbocycles. The van der Waals surface area contributed by atoms with Gasteiger partial charge in [-0.05, 0) is 47.5 Å². The quantitative estimate of drug-likeness (QED) is 0.593. The molecule has 138 valence electrons. The van der Waals surface area contributed by atoms with Crippen molar-refractivity contribution in [1.29, 1.82) is 0 Å². The summed E-state index contributed by atoms with van der Waals surface area (Å²) in [4.78, 5) is 30.3. The van der Waals surface area contributed by atoms with Gasteiger partial charge in [0.2, 0.25) is 0 Å². The van der Waals surface area contributed by atoms with Gasteiger partial charge in [0.1, 0.15) is 0 Å². The predicted molar refractivity (Wildman–Crippen MR) is 102 cm³/mol. The third kappa shape index (κ3) is 8.04. The molecule has 0 spiro atoms. The maximum absolute atomic E-state index is 12.3. The minimum atomic E-state index is -0.340. The van der Waals surface area contributed by atoms with Gasteiger partial charge in [-0.15, -0.1) is 0 Å². The fourth-order valence-electron chi connectivity index (χ4n) is 2.55. The van der Waals surface area contributed by atoms with Gasteiger partial charge in [0.05, 0.1) is 0 Å². The average molecular weight is 357 g/mol. The van der Waals surface area contributed by atoms with E-state index in [2.05, 4.69) is 15.6 Å². The van der Waals surface area contributed by atoms with Crippen LogP contribution < -0.4 is 10.6 Å². The molecule has 1 aliphatic rings. The third-order valence-corrected chi connectivity index (χ3v) is 4.99. The first kappa shape index (κ1) is 20.8. The molecule has 2 N–H and O–H groups in total. The molecule has 0 unspecified atom stereocenters. The van der Waals surface area contributed by atoms with Gasteiger partial charge in [-0.1, -0.05) is 31.0 Å². The van der Waals surface area contributed by atoms with Crippen LogP contribution in [-0.4, -0.2) is 46.0 Å². The number of thioether (sulfide) groups is 1. The van der Waals surface area contributed by atoms with E-state index in [0.29, 0.717) is 23.5 Å². The summed E-state index contributed by atoms with van der Waals surface area (Å²) in [5, 5.41) is 6.44. The van der Waals surface area contributed by atoms with Gasteiger partial charge in [-0.25, -0.2) is 9.59 Å². The van der Waals surface area contributed by atoms with E-state index in [1.807, 2.05) is 34.6 Å². The molecule has 0 bridgehead atoms. The Kier molecular flexibility index (Phi) is 8.59. The summed E-state index contributed by atoms with van der Waals surface area (Å²) in [6.45, 7) is 10.8. The number of urea groups is 2. The van der Waals surface area contributed by atoms with Crippen molar-refractivity contribution in [2.75, 3.05) is 13.1 Å². The summed E-state index contributed by atoms with van der Waals surface area (Å²) in [5.41, 5.74) is -0.340. The monoisotopic (exact) mass is 356 g/mol. The SMILES string of the molecule is CCN(CC)C(=O)N=C(NC(=O)NC(C)(C)C)SC1CCCCC1. The number of nitrogens with one attached hydrogen (secondary N) is 2. The summed E-state index contributed by atoms with van der Waals surface area (Å²) in [5.74, 6) is 0. The lowest BCUT2D eigenvalue weighted by atomic mass is 10.0. The second-order valence-corrected chi connectivity index (χ2v) is 8.37.